The first-order chi connectivity index (χ1) is 17.1. The van der Waals surface area contributed by atoms with Crippen LogP contribution < -0.4 is 10.6 Å². The van der Waals surface area contributed by atoms with Crippen molar-refractivity contribution >= 4 is 40.1 Å². The Morgan fingerprint density at radius 2 is 1.37 bits per heavy atom. The van der Waals surface area contributed by atoms with Crippen LogP contribution in [0.1, 0.15) is 93.6 Å². The Bertz CT molecular complexity index is 1050. The molecule has 1 atom stereocenters. The molecule has 2 amide bonds. The number of benzene rings is 2. The maximum atomic E-state index is 12.6. The van der Waals surface area contributed by atoms with Crippen molar-refractivity contribution in [2.45, 2.75) is 87.7 Å². The van der Waals surface area contributed by atoms with Crippen LogP contribution in [0, 0.1) is 0 Å². The number of anilines is 1. The zero-order valence-corrected chi connectivity index (χ0v) is 21.1. The van der Waals surface area contributed by atoms with Crippen molar-refractivity contribution in [1.29, 1.82) is 0 Å². The summed E-state index contributed by atoms with van der Waals surface area (Å²) in [5.74, 6) is 1.00. The Balaban J connectivity index is 1.13. The maximum Gasteiger partial charge on any atom is 0.240 e. The molecule has 5 rings (SSSR count). The van der Waals surface area contributed by atoms with Crippen molar-refractivity contribution in [1.82, 2.24) is 5.32 Å². The Morgan fingerprint density at radius 3 is 1.94 bits per heavy atom. The first-order valence-electron chi connectivity index (χ1n) is 13.2. The van der Waals surface area contributed by atoms with Crippen molar-refractivity contribution in [3.05, 3.63) is 59.7 Å². The Hall–Kier alpha value is -2.60. The van der Waals surface area contributed by atoms with E-state index in [-0.39, 0.29) is 18.2 Å². The minimum Gasteiger partial charge on any atom is -0.326 e. The minimum absolute atomic E-state index is 0.126. The number of aliphatic imine (C=N–C) groups is 1. The molecule has 1 saturated heterocycles. The molecule has 2 aromatic carbocycles. The van der Waals surface area contributed by atoms with Gasteiger partial charge < -0.3 is 10.6 Å². The Morgan fingerprint density at radius 1 is 0.829 bits per heavy atom. The van der Waals surface area contributed by atoms with E-state index in [1.165, 1.54) is 87.1 Å². The quantitative estimate of drug-likeness (QED) is 0.458. The van der Waals surface area contributed by atoms with Crippen LogP contribution in [0.2, 0.25) is 0 Å². The van der Waals surface area contributed by atoms with Gasteiger partial charge in [-0.05, 0) is 72.9 Å². The molecule has 2 aromatic rings. The average Bonchev–Trinajstić information content (AvgIpc) is 3.24. The number of nitrogens with one attached hydrogen (secondary N) is 2. The summed E-state index contributed by atoms with van der Waals surface area (Å²) in [5, 5.41) is 5.89. The second kappa shape index (κ2) is 11.4. The monoisotopic (exact) mass is 489 g/mol. The maximum absolute atomic E-state index is 12.6. The number of rotatable bonds is 6. The fourth-order valence-electron chi connectivity index (χ4n) is 5.62. The van der Waals surface area contributed by atoms with E-state index in [2.05, 4.69) is 39.9 Å². The van der Waals surface area contributed by atoms with Gasteiger partial charge in [0.15, 0.2) is 5.17 Å². The van der Waals surface area contributed by atoms with Crippen molar-refractivity contribution in [2.24, 2.45) is 4.99 Å². The van der Waals surface area contributed by atoms with Crippen LogP contribution in [0.5, 0.6) is 0 Å². The third-order valence-electron chi connectivity index (χ3n) is 7.62. The zero-order valence-electron chi connectivity index (χ0n) is 20.3. The summed E-state index contributed by atoms with van der Waals surface area (Å²) >= 11 is 1.33. The van der Waals surface area contributed by atoms with Crippen molar-refractivity contribution in [3.8, 4) is 0 Å². The summed E-state index contributed by atoms with van der Waals surface area (Å²) in [6.45, 7) is 0. The highest BCUT2D eigenvalue weighted by Gasteiger charge is 2.32. The Labute approximate surface area is 212 Å². The molecule has 1 heterocycles. The van der Waals surface area contributed by atoms with Gasteiger partial charge >= 0.3 is 0 Å². The van der Waals surface area contributed by atoms with Crippen LogP contribution in [-0.2, 0) is 9.59 Å². The fraction of sp³-hybridized carbons (Fsp3) is 0.483. The zero-order chi connectivity index (χ0) is 24.0. The van der Waals surface area contributed by atoms with E-state index < -0.39 is 5.25 Å². The lowest BCUT2D eigenvalue weighted by molar-refractivity contribution is -0.122. The van der Waals surface area contributed by atoms with E-state index in [1.54, 1.807) is 0 Å². The molecule has 1 aliphatic heterocycles. The lowest BCUT2D eigenvalue weighted by Crippen LogP contribution is -2.28. The summed E-state index contributed by atoms with van der Waals surface area (Å²) in [6, 6.07) is 16.6. The van der Waals surface area contributed by atoms with Gasteiger partial charge in [-0.1, -0.05) is 74.6 Å². The van der Waals surface area contributed by atoms with Crippen molar-refractivity contribution < 1.29 is 9.59 Å². The number of carbonyl (C=O) groups excluding carboxylic acids is 2. The third kappa shape index (κ3) is 6.35. The SMILES string of the molecule is O=C(C[C@H]1SC(=Nc2ccc(C3CCCCC3)cc2)NC1=O)Nc1ccc(C2CCCCC2)cc1. The van der Waals surface area contributed by atoms with Gasteiger partial charge in [0.1, 0.15) is 5.25 Å². The number of carbonyl (C=O) groups is 2. The molecular weight excluding hydrogens is 454 g/mol. The first-order valence-corrected chi connectivity index (χ1v) is 14.1. The molecule has 2 aliphatic carbocycles. The first kappa shape index (κ1) is 24.1. The van der Waals surface area contributed by atoms with Gasteiger partial charge in [-0.2, -0.15) is 0 Å². The molecule has 3 fully saturated rings. The van der Waals surface area contributed by atoms with Gasteiger partial charge in [0.05, 0.1) is 5.69 Å². The highest BCUT2D eigenvalue weighted by Crippen LogP contribution is 2.34. The molecule has 6 heteroatoms. The highest BCUT2D eigenvalue weighted by atomic mass is 32.2. The third-order valence-corrected chi connectivity index (χ3v) is 8.70. The van der Waals surface area contributed by atoms with Crippen LogP contribution in [0.25, 0.3) is 0 Å². The fourth-order valence-corrected chi connectivity index (χ4v) is 6.61. The lowest BCUT2D eigenvalue weighted by atomic mass is 9.84. The summed E-state index contributed by atoms with van der Waals surface area (Å²) < 4.78 is 0. The molecule has 0 aromatic heterocycles. The number of amidine groups is 1. The van der Waals surface area contributed by atoms with Crippen molar-refractivity contribution in [2.75, 3.05) is 5.32 Å². The Kier molecular flexibility index (Phi) is 7.87. The highest BCUT2D eigenvalue weighted by molar-refractivity contribution is 8.15. The molecule has 2 saturated carbocycles. The van der Waals surface area contributed by atoms with E-state index in [9.17, 15) is 9.59 Å². The number of amides is 2. The van der Waals surface area contributed by atoms with Crippen LogP contribution in [0.4, 0.5) is 11.4 Å². The molecule has 0 unspecified atom stereocenters. The molecule has 2 N–H and O–H groups in total. The van der Waals surface area contributed by atoms with Crippen molar-refractivity contribution in [3.63, 3.8) is 0 Å². The van der Waals surface area contributed by atoms with E-state index >= 15 is 0 Å². The molecule has 0 radical (unpaired) electrons. The molecule has 0 bridgehead atoms. The van der Waals surface area contributed by atoms with Crippen LogP contribution in [0.15, 0.2) is 53.5 Å². The molecule has 5 nitrogen and oxygen atoms in total. The molecule has 35 heavy (non-hydrogen) atoms. The molecule has 3 aliphatic rings. The second-order valence-electron chi connectivity index (χ2n) is 10.1. The van der Waals surface area contributed by atoms with Gasteiger partial charge in [-0.15, -0.1) is 0 Å². The van der Waals surface area contributed by atoms with Crippen LogP contribution in [-0.4, -0.2) is 22.2 Å². The van der Waals surface area contributed by atoms with E-state index in [4.69, 9.17) is 0 Å². The second-order valence-corrected chi connectivity index (χ2v) is 11.3. The summed E-state index contributed by atoms with van der Waals surface area (Å²) in [7, 11) is 0. The van der Waals surface area contributed by atoms with Gasteiger partial charge in [0.25, 0.3) is 0 Å². The van der Waals surface area contributed by atoms with E-state index in [1.807, 2.05) is 24.3 Å². The predicted molar refractivity (Wildman–Crippen MR) is 144 cm³/mol. The smallest absolute Gasteiger partial charge is 0.240 e. The number of nitrogens with zero attached hydrogens (tertiary/aromatic N) is 1. The summed E-state index contributed by atoms with van der Waals surface area (Å²) in [6.07, 6.45) is 13.1. The standard InChI is InChI=1S/C29H35N3O2S/c33-27(30-24-15-11-22(12-16-24)20-7-3-1-4-8-20)19-26-28(34)32-29(35-26)31-25-17-13-23(14-18-25)21-9-5-2-6-10-21/h11-18,20-21,26H,1-10,19H2,(H,30,33)(H,31,32,34)/t26-/m1/s1. The summed E-state index contributed by atoms with van der Waals surface area (Å²) in [4.78, 5) is 29.7. The van der Waals surface area contributed by atoms with Crippen LogP contribution in [0.3, 0.4) is 0 Å². The topological polar surface area (TPSA) is 70.6 Å². The average molecular weight is 490 g/mol. The van der Waals surface area contributed by atoms with Gasteiger partial charge in [0.2, 0.25) is 11.8 Å². The number of thioether (sulfide) groups is 1. The normalized spacial score (nSPS) is 22.8. The van der Waals surface area contributed by atoms with E-state index in [0.29, 0.717) is 17.0 Å². The van der Waals surface area contributed by atoms with Gasteiger partial charge in [-0.3, -0.25) is 9.59 Å². The van der Waals surface area contributed by atoms with E-state index in [0.717, 1.165) is 11.4 Å². The molecule has 184 valence electrons. The largest absolute Gasteiger partial charge is 0.326 e. The lowest BCUT2D eigenvalue weighted by Gasteiger charge is -2.22. The van der Waals surface area contributed by atoms with Gasteiger partial charge in [0, 0.05) is 12.1 Å². The summed E-state index contributed by atoms with van der Waals surface area (Å²) in [5.41, 5.74) is 4.36. The molecular formula is C29H35N3O2S. The minimum atomic E-state index is -0.461. The molecule has 0 spiro atoms. The van der Waals surface area contributed by atoms with Crippen LogP contribution >= 0.6 is 11.8 Å². The number of hydrogen-bond acceptors (Lipinski definition) is 4. The van der Waals surface area contributed by atoms with Gasteiger partial charge in [-0.25, -0.2) is 4.99 Å². The predicted octanol–water partition coefficient (Wildman–Crippen LogP) is 7.03. The number of hydrogen-bond donors (Lipinski definition) is 2.